The van der Waals surface area contributed by atoms with Crippen molar-refractivity contribution in [3.8, 4) is 0 Å². The summed E-state index contributed by atoms with van der Waals surface area (Å²) in [7, 11) is 0. The van der Waals surface area contributed by atoms with Crippen LogP contribution in [0.15, 0.2) is 0 Å². The Morgan fingerprint density at radius 2 is 1.33 bits per heavy atom. The van der Waals surface area contributed by atoms with Crippen LogP contribution < -0.4 is 5.32 Å². The number of rotatable bonds is 4. The molecule has 1 aromatic heterocycles. The van der Waals surface area contributed by atoms with Gasteiger partial charge in [0.2, 0.25) is 0 Å². The van der Waals surface area contributed by atoms with E-state index in [4.69, 9.17) is 0 Å². The normalized spacial score (nSPS) is 25.2. The molecule has 0 unspecified atom stereocenters. The number of aryl methyl sites for hydroxylation is 1. The van der Waals surface area contributed by atoms with E-state index in [1.807, 2.05) is 0 Å². The van der Waals surface area contributed by atoms with Gasteiger partial charge in [0, 0.05) is 4.88 Å². The lowest BCUT2D eigenvalue weighted by molar-refractivity contribution is -0.475. The number of alkyl halides is 11. The SMILES string of the molecule is CCOC(=O)c1c(NC(=O)C2(F)C(F)(F)C(F)(F)C(F)(F)C(F)(F)C2(F)F)sc2c1CCC2. The van der Waals surface area contributed by atoms with Crippen molar-refractivity contribution in [3.63, 3.8) is 0 Å². The van der Waals surface area contributed by atoms with Gasteiger partial charge in [-0.1, -0.05) is 0 Å². The summed E-state index contributed by atoms with van der Waals surface area (Å²) in [6.45, 7) is 1.06. The quantitative estimate of drug-likeness (QED) is 0.437. The van der Waals surface area contributed by atoms with Gasteiger partial charge in [0.1, 0.15) is 5.00 Å². The zero-order chi connectivity index (χ0) is 25.4. The molecule has 0 radical (unpaired) electrons. The molecule has 3 rings (SSSR count). The number of anilines is 1. The van der Waals surface area contributed by atoms with Gasteiger partial charge in [0.05, 0.1) is 12.2 Å². The summed E-state index contributed by atoms with van der Waals surface area (Å²) in [6.07, 6.45) is 0.835. The van der Waals surface area contributed by atoms with Crippen molar-refractivity contribution in [2.75, 3.05) is 11.9 Å². The first-order valence-electron chi connectivity index (χ1n) is 9.05. The van der Waals surface area contributed by atoms with E-state index >= 15 is 0 Å². The molecule has 1 saturated carbocycles. The van der Waals surface area contributed by atoms with E-state index in [0.29, 0.717) is 22.6 Å². The van der Waals surface area contributed by atoms with Crippen LogP contribution in [-0.4, -0.2) is 53.8 Å². The van der Waals surface area contributed by atoms with E-state index in [2.05, 4.69) is 4.74 Å². The van der Waals surface area contributed by atoms with Crippen LogP contribution in [0.4, 0.5) is 53.3 Å². The van der Waals surface area contributed by atoms with Crippen LogP contribution in [0.5, 0.6) is 0 Å². The Morgan fingerprint density at radius 1 is 0.848 bits per heavy atom. The topological polar surface area (TPSA) is 55.4 Å². The van der Waals surface area contributed by atoms with E-state index in [9.17, 15) is 57.9 Å². The molecule has 1 N–H and O–H groups in total. The fourth-order valence-electron chi connectivity index (χ4n) is 3.61. The molecule has 0 aromatic carbocycles. The summed E-state index contributed by atoms with van der Waals surface area (Å²) in [5, 5.41) is 0.115. The molecule has 0 aliphatic heterocycles. The Bertz CT molecular complexity index is 975. The van der Waals surface area contributed by atoms with Crippen LogP contribution >= 0.6 is 11.3 Å². The van der Waals surface area contributed by atoms with Crippen molar-refractivity contribution in [2.45, 2.75) is 61.5 Å². The largest absolute Gasteiger partial charge is 0.462 e. The summed E-state index contributed by atoms with van der Waals surface area (Å²) >= 11 is 0.381. The van der Waals surface area contributed by atoms with E-state index < -0.39 is 57.7 Å². The smallest absolute Gasteiger partial charge is 0.384 e. The molecule has 1 fully saturated rings. The highest BCUT2D eigenvalue weighted by molar-refractivity contribution is 7.17. The van der Waals surface area contributed by atoms with Gasteiger partial charge in [0.15, 0.2) is 0 Å². The molecule has 1 amide bonds. The van der Waals surface area contributed by atoms with Crippen molar-refractivity contribution in [1.82, 2.24) is 0 Å². The maximum absolute atomic E-state index is 14.9. The molecular formula is C17H12F11NO3S. The summed E-state index contributed by atoms with van der Waals surface area (Å²) in [5.74, 6) is -41.5. The van der Waals surface area contributed by atoms with Crippen molar-refractivity contribution in [1.29, 1.82) is 0 Å². The Morgan fingerprint density at radius 3 is 1.82 bits per heavy atom. The summed E-state index contributed by atoms with van der Waals surface area (Å²) in [4.78, 5) is 24.6. The lowest BCUT2D eigenvalue weighted by Crippen LogP contribution is -2.86. The lowest BCUT2D eigenvalue weighted by Gasteiger charge is -2.51. The van der Waals surface area contributed by atoms with Crippen LogP contribution in [0.1, 0.15) is 34.1 Å². The van der Waals surface area contributed by atoms with Crippen LogP contribution in [0.25, 0.3) is 0 Å². The van der Waals surface area contributed by atoms with Gasteiger partial charge in [-0.05, 0) is 31.7 Å². The minimum absolute atomic E-state index is 0.144. The monoisotopic (exact) mass is 519 g/mol. The Balaban J connectivity index is 2.15. The van der Waals surface area contributed by atoms with E-state index in [-0.39, 0.29) is 25.0 Å². The highest BCUT2D eigenvalue weighted by Crippen LogP contribution is 2.69. The van der Waals surface area contributed by atoms with E-state index in [0.717, 1.165) is 5.32 Å². The zero-order valence-corrected chi connectivity index (χ0v) is 16.9. The summed E-state index contributed by atoms with van der Waals surface area (Å²) in [6, 6.07) is 0. The molecule has 33 heavy (non-hydrogen) atoms. The van der Waals surface area contributed by atoms with Gasteiger partial charge in [-0.15, -0.1) is 11.3 Å². The third-order valence-corrected chi connectivity index (χ3v) is 6.59. The number of nitrogens with one attached hydrogen (secondary N) is 1. The Hall–Kier alpha value is -2.13. The average Bonchev–Trinajstić information content (AvgIpc) is 3.26. The second kappa shape index (κ2) is 7.18. The number of esters is 1. The zero-order valence-electron chi connectivity index (χ0n) is 16.1. The molecule has 1 heterocycles. The van der Waals surface area contributed by atoms with E-state index in [1.165, 1.54) is 6.92 Å². The van der Waals surface area contributed by atoms with Crippen LogP contribution in [-0.2, 0) is 22.4 Å². The molecule has 2 aliphatic carbocycles. The summed E-state index contributed by atoms with van der Waals surface area (Å²) < 4.78 is 157. The number of halogens is 11. The van der Waals surface area contributed by atoms with Gasteiger partial charge in [-0.2, -0.15) is 43.9 Å². The summed E-state index contributed by atoms with van der Waals surface area (Å²) in [5.41, 5.74) is -7.28. The van der Waals surface area contributed by atoms with Crippen molar-refractivity contribution in [3.05, 3.63) is 16.0 Å². The highest BCUT2D eigenvalue weighted by Gasteiger charge is 3.02. The molecule has 0 bridgehead atoms. The highest BCUT2D eigenvalue weighted by atomic mass is 32.1. The molecule has 16 heteroatoms. The number of hydrogen-bond donors (Lipinski definition) is 1. The first-order valence-corrected chi connectivity index (χ1v) is 9.87. The maximum atomic E-state index is 14.9. The average molecular weight is 519 g/mol. The third kappa shape index (κ3) is 2.81. The van der Waals surface area contributed by atoms with Crippen molar-refractivity contribution in [2.24, 2.45) is 0 Å². The molecule has 0 atom stereocenters. The van der Waals surface area contributed by atoms with Crippen LogP contribution in [0, 0.1) is 0 Å². The number of thiophene rings is 1. The Labute approximate surface area is 181 Å². The minimum atomic E-state index is -7.43. The van der Waals surface area contributed by atoms with Gasteiger partial charge < -0.3 is 10.1 Å². The van der Waals surface area contributed by atoms with Gasteiger partial charge in [0.25, 0.3) is 5.91 Å². The maximum Gasteiger partial charge on any atom is 0.384 e. The van der Waals surface area contributed by atoms with Crippen LogP contribution in [0.2, 0.25) is 0 Å². The number of ether oxygens (including phenoxy) is 1. The molecule has 4 nitrogen and oxygen atoms in total. The molecule has 186 valence electrons. The fourth-order valence-corrected chi connectivity index (χ4v) is 4.88. The van der Waals surface area contributed by atoms with Crippen molar-refractivity contribution < 1.29 is 62.6 Å². The van der Waals surface area contributed by atoms with Gasteiger partial charge in [-0.3, -0.25) is 4.79 Å². The first-order chi connectivity index (χ1) is 14.8. The van der Waals surface area contributed by atoms with Crippen molar-refractivity contribution >= 4 is 28.2 Å². The third-order valence-electron chi connectivity index (χ3n) is 5.38. The molecule has 0 saturated heterocycles. The number of carbonyl (C=O) groups is 2. The van der Waals surface area contributed by atoms with Gasteiger partial charge >= 0.3 is 41.3 Å². The van der Waals surface area contributed by atoms with Crippen LogP contribution in [0.3, 0.4) is 0 Å². The number of amides is 1. The molecule has 1 aromatic rings. The van der Waals surface area contributed by atoms with E-state index in [1.54, 1.807) is 0 Å². The first kappa shape index (κ1) is 25.5. The minimum Gasteiger partial charge on any atom is -0.462 e. The Kier molecular flexibility index (Phi) is 5.55. The molecular weight excluding hydrogens is 507 g/mol. The molecule has 2 aliphatic rings. The predicted molar refractivity (Wildman–Crippen MR) is 89.5 cm³/mol. The standard InChI is InChI=1S/C17H12F11NO3S/c1-2-32-10(30)8-6-4-3-5-7(6)33-9(8)29-11(31)12(18)13(19,20)15(23,24)17(27,28)16(25,26)14(12,21)22/h2-5H2,1H3,(H,29,31). The number of hydrogen-bond acceptors (Lipinski definition) is 4. The predicted octanol–water partition coefficient (Wildman–Crippen LogP) is 5.25. The second-order valence-electron chi connectivity index (χ2n) is 7.27. The lowest BCUT2D eigenvalue weighted by atomic mass is 9.71. The fraction of sp³-hybridized carbons (Fsp3) is 0.647. The molecule has 0 spiro atoms. The number of fused-ring (bicyclic) bond motifs is 1. The number of carbonyl (C=O) groups excluding carboxylic acids is 2. The van der Waals surface area contributed by atoms with Gasteiger partial charge in [-0.25, -0.2) is 9.18 Å². The second-order valence-corrected chi connectivity index (χ2v) is 8.37.